The molecular weight excluding hydrogens is 184 g/mol. The first-order valence-corrected chi connectivity index (χ1v) is 6.65. The second-order valence-electron chi connectivity index (χ2n) is 5.12. The molecule has 0 bridgehead atoms. The Morgan fingerprint density at radius 2 is 2.07 bits per heavy atom. The first-order valence-electron chi connectivity index (χ1n) is 6.65. The van der Waals surface area contributed by atoms with Crippen LogP contribution in [-0.4, -0.2) is 38.1 Å². The minimum absolute atomic E-state index is 0.887. The first-order chi connectivity index (χ1) is 7.26. The van der Waals surface area contributed by atoms with Gasteiger partial charge in [-0.2, -0.15) is 0 Å². The quantitative estimate of drug-likeness (QED) is 0.727. The van der Waals surface area contributed by atoms with E-state index in [0.717, 1.165) is 11.8 Å². The van der Waals surface area contributed by atoms with E-state index in [0.29, 0.717) is 0 Å². The second-order valence-corrected chi connectivity index (χ2v) is 5.12. The molecule has 1 heterocycles. The van der Waals surface area contributed by atoms with E-state index in [1.165, 1.54) is 51.9 Å². The van der Waals surface area contributed by atoms with Crippen LogP contribution in [0.2, 0.25) is 0 Å². The standard InChI is InChI=1S/C13H28N2/c1-4-12(5-2)10-15(3)11-13-7-6-8-14-9-13/h12-14H,4-11H2,1-3H3. The van der Waals surface area contributed by atoms with Crippen LogP contribution in [0.1, 0.15) is 39.5 Å². The number of nitrogens with one attached hydrogen (secondary N) is 1. The summed E-state index contributed by atoms with van der Waals surface area (Å²) in [5.41, 5.74) is 0. The van der Waals surface area contributed by atoms with Crippen molar-refractivity contribution < 1.29 is 0 Å². The van der Waals surface area contributed by atoms with Crippen molar-refractivity contribution in [1.82, 2.24) is 10.2 Å². The van der Waals surface area contributed by atoms with Crippen LogP contribution < -0.4 is 5.32 Å². The highest BCUT2D eigenvalue weighted by Gasteiger charge is 2.16. The molecule has 2 nitrogen and oxygen atoms in total. The van der Waals surface area contributed by atoms with E-state index in [2.05, 4.69) is 31.1 Å². The SMILES string of the molecule is CCC(CC)CN(C)CC1CCCNC1. The van der Waals surface area contributed by atoms with E-state index in [1.54, 1.807) is 0 Å². The van der Waals surface area contributed by atoms with Crippen molar-refractivity contribution in [3.63, 3.8) is 0 Å². The summed E-state index contributed by atoms with van der Waals surface area (Å²) in [6.45, 7) is 9.64. The Bertz CT molecular complexity index is 149. The van der Waals surface area contributed by atoms with Gasteiger partial charge in [-0.15, -0.1) is 0 Å². The van der Waals surface area contributed by atoms with Crippen molar-refractivity contribution in [2.24, 2.45) is 11.8 Å². The van der Waals surface area contributed by atoms with Gasteiger partial charge in [0.2, 0.25) is 0 Å². The topological polar surface area (TPSA) is 15.3 Å². The molecule has 0 aromatic rings. The largest absolute Gasteiger partial charge is 0.316 e. The summed E-state index contributed by atoms with van der Waals surface area (Å²) in [6.07, 6.45) is 5.43. The van der Waals surface area contributed by atoms with E-state index < -0.39 is 0 Å². The summed E-state index contributed by atoms with van der Waals surface area (Å²) < 4.78 is 0. The number of hydrogen-bond donors (Lipinski definition) is 1. The monoisotopic (exact) mass is 212 g/mol. The lowest BCUT2D eigenvalue weighted by molar-refractivity contribution is 0.210. The number of hydrogen-bond acceptors (Lipinski definition) is 2. The van der Waals surface area contributed by atoms with Gasteiger partial charge in [0.25, 0.3) is 0 Å². The molecule has 0 amide bonds. The predicted molar refractivity (Wildman–Crippen MR) is 67.2 cm³/mol. The maximum Gasteiger partial charge on any atom is 0.00189 e. The van der Waals surface area contributed by atoms with Gasteiger partial charge in [-0.05, 0) is 44.8 Å². The lowest BCUT2D eigenvalue weighted by Crippen LogP contribution is -2.38. The van der Waals surface area contributed by atoms with Crippen LogP contribution in [0.25, 0.3) is 0 Å². The van der Waals surface area contributed by atoms with Gasteiger partial charge in [0.15, 0.2) is 0 Å². The van der Waals surface area contributed by atoms with Crippen molar-refractivity contribution in [2.45, 2.75) is 39.5 Å². The van der Waals surface area contributed by atoms with Gasteiger partial charge in [-0.3, -0.25) is 0 Å². The Kier molecular flexibility index (Phi) is 6.26. The molecule has 1 aliphatic heterocycles. The van der Waals surface area contributed by atoms with Crippen LogP contribution in [0.3, 0.4) is 0 Å². The number of nitrogens with zero attached hydrogens (tertiary/aromatic N) is 1. The molecule has 1 atom stereocenters. The predicted octanol–water partition coefficient (Wildman–Crippen LogP) is 2.35. The summed E-state index contributed by atoms with van der Waals surface area (Å²) in [4.78, 5) is 2.54. The Labute approximate surface area is 95.4 Å². The van der Waals surface area contributed by atoms with Crippen molar-refractivity contribution >= 4 is 0 Å². The van der Waals surface area contributed by atoms with Crippen LogP contribution in [0, 0.1) is 11.8 Å². The van der Waals surface area contributed by atoms with Gasteiger partial charge in [-0.25, -0.2) is 0 Å². The summed E-state index contributed by atoms with van der Waals surface area (Å²) in [5, 5.41) is 3.49. The van der Waals surface area contributed by atoms with Crippen LogP contribution in [-0.2, 0) is 0 Å². The fourth-order valence-electron chi connectivity index (χ4n) is 2.58. The van der Waals surface area contributed by atoms with Gasteiger partial charge >= 0.3 is 0 Å². The van der Waals surface area contributed by atoms with E-state index >= 15 is 0 Å². The molecule has 15 heavy (non-hydrogen) atoms. The highest BCUT2D eigenvalue weighted by molar-refractivity contribution is 4.72. The zero-order valence-corrected chi connectivity index (χ0v) is 10.8. The normalized spacial score (nSPS) is 22.6. The van der Waals surface area contributed by atoms with Gasteiger partial charge in [0.1, 0.15) is 0 Å². The molecule has 1 N–H and O–H groups in total. The molecule has 1 rings (SSSR count). The Hall–Kier alpha value is -0.0800. The molecule has 1 aliphatic rings. The fourth-order valence-corrected chi connectivity index (χ4v) is 2.58. The van der Waals surface area contributed by atoms with Gasteiger partial charge in [0.05, 0.1) is 0 Å². The third-order valence-electron chi connectivity index (χ3n) is 3.69. The molecule has 0 aromatic heterocycles. The third-order valence-corrected chi connectivity index (χ3v) is 3.69. The molecular formula is C13H28N2. The Morgan fingerprint density at radius 1 is 1.33 bits per heavy atom. The summed E-state index contributed by atoms with van der Waals surface area (Å²) in [7, 11) is 2.28. The molecule has 0 radical (unpaired) electrons. The first kappa shape index (κ1) is 13.0. The van der Waals surface area contributed by atoms with Crippen molar-refractivity contribution in [2.75, 3.05) is 33.2 Å². The van der Waals surface area contributed by atoms with Gasteiger partial charge in [-0.1, -0.05) is 26.7 Å². The Morgan fingerprint density at radius 3 is 2.60 bits per heavy atom. The molecule has 0 aliphatic carbocycles. The highest BCUT2D eigenvalue weighted by atomic mass is 15.1. The molecule has 1 saturated heterocycles. The number of rotatable bonds is 6. The van der Waals surface area contributed by atoms with E-state index in [1.807, 2.05) is 0 Å². The van der Waals surface area contributed by atoms with E-state index in [9.17, 15) is 0 Å². The maximum atomic E-state index is 3.49. The molecule has 90 valence electrons. The molecule has 2 heteroatoms. The van der Waals surface area contributed by atoms with Crippen molar-refractivity contribution in [3.05, 3.63) is 0 Å². The molecule has 0 spiro atoms. The maximum absolute atomic E-state index is 3.49. The summed E-state index contributed by atoms with van der Waals surface area (Å²) in [5.74, 6) is 1.78. The van der Waals surface area contributed by atoms with E-state index in [4.69, 9.17) is 0 Å². The van der Waals surface area contributed by atoms with Gasteiger partial charge in [0, 0.05) is 13.1 Å². The van der Waals surface area contributed by atoms with Crippen LogP contribution in [0.4, 0.5) is 0 Å². The molecule has 1 unspecified atom stereocenters. The van der Waals surface area contributed by atoms with E-state index in [-0.39, 0.29) is 0 Å². The Balaban J connectivity index is 2.18. The summed E-state index contributed by atoms with van der Waals surface area (Å²) >= 11 is 0. The highest BCUT2D eigenvalue weighted by Crippen LogP contribution is 2.14. The van der Waals surface area contributed by atoms with Crippen LogP contribution >= 0.6 is 0 Å². The zero-order valence-electron chi connectivity index (χ0n) is 10.8. The molecule has 0 aromatic carbocycles. The zero-order chi connectivity index (χ0) is 11.1. The molecule has 0 saturated carbocycles. The van der Waals surface area contributed by atoms with Crippen molar-refractivity contribution in [1.29, 1.82) is 0 Å². The minimum Gasteiger partial charge on any atom is -0.316 e. The second kappa shape index (κ2) is 7.24. The average Bonchev–Trinajstić information content (AvgIpc) is 2.27. The summed E-state index contributed by atoms with van der Waals surface area (Å²) in [6, 6.07) is 0. The number of piperidine rings is 1. The third kappa shape index (κ3) is 4.98. The minimum atomic E-state index is 0.887. The van der Waals surface area contributed by atoms with Gasteiger partial charge < -0.3 is 10.2 Å². The van der Waals surface area contributed by atoms with Crippen LogP contribution in [0.15, 0.2) is 0 Å². The average molecular weight is 212 g/mol. The fraction of sp³-hybridized carbons (Fsp3) is 1.00. The lowest BCUT2D eigenvalue weighted by Gasteiger charge is -2.29. The van der Waals surface area contributed by atoms with Crippen molar-refractivity contribution in [3.8, 4) is 0 Å². The van der Waals surface area contributed by atoms with Crippen LogP contribution in [0.5, 0.6) is 0 Å². The molecule has 1 fully saturated rings. The smallest absolute Gasteiger partial charge is 0.00189 e. The lowest BCUT2D eigenvalue weighted by atomic mass is 9.98.